The summed E-state index contributed by atoms with van der Waals surface area (Å²) in [6.07, 6.45) is 3.38. The summed E-state index contributed by atoms with van der Waals surface area (Å²) >= 11 is 0. The van der Waals surface area contributed by atoms with Crippen molar-refractivity contribution in [2.75, 3.05) is 33.3 Å². The fourth-order valence-electron chi connectivity index (χ4n) is 2.21. The zero-order valence-electron chi connectivity index (χ0n) is 15.0. The highest BCUT2D eigenvalue weighted by Gasteiger charge is 2.22. The summed E-state index contributed by atoms with van der Waals surface area (Å²) in [5, 5.41) is 2.99. The van der Waals surface area contributed by atoms with Crippen molar-refractivity contribution in [3.8, 4) is 0 Å². The lowest BCUT2D eigenvalue weighted by Crippen LogP contribution is -2.50. The maximum atomic E-state index is 11.3. The van der Waals surface area contributed by atoms with Crippen LogP contribution in [-0.2, 0) is 19.4 Å². The second-order valence-corrected chi connectivity index (χ2v) is 6.35. The third-order valence-corrected chi connectivity index (χ3v) is 4.60. The predicted molar refractivity (Wildman–Crippen MR) is 90.5 cm³/mol. The predicted octanol–water partition coefficient (Wildman–Crippen LogP) is 1.43. The van der Waals surface area contributed by atoms with E-state index in [-0.39, 0.29) is 11.9 Å². The van der Waals surface area contributed by atoms with E-state index in [0.29, 0.717) is 0 Å². The Bertz CT molecular complexity index is 425. The average molecular weight is 352 g/mol. The second-order valence-electron chi connectivity index (χ2n) is 5.20. The normalized spacial score (nSPS) is 12.8. The highest BCUT2D eigenvalue weighted by atomic mass is 32.3. The number of carbonyl (C=O) groups excluding carboxylic acids is 1. The first-order valence-electron chi connectivity index (χ1n) is 7.92. The number of carbonyl (C=O) groups is 1. The number of nitrogens with one attached hydrogen (secondary N) is 1. The van der Waals surface area contributed by atoms with Crippen LogP contribution < -0.4 is 5.32 Å². The minimum absolute atomic E-state index is 0.0561. The van der Waals surface area contributed by atoms with E-state index >= 15 is 0 Å². The molecule has 1 amide bonds. The molecule has 0 heterocycles. The monoisotopic (exact) mass is 352 g/mol. The summed E-state index contributed by atoms with van der Waals surface area (Å²) in [6.45, 7) is 17.0. The van der Waals surface area contributed by atoms with Crippen molar-refractivity contribution in [2.24, 2.45) is 0 Å². The van der Waals surface area contributed by atoms with Crippen molar-refractivity contribution in [1.82, 2.24) is 5.32 Å². The molecular weight excluding hydrogens is 320 g/mol. The number of hydrogen-bond acceptors (Lipinski definition) is 5. The van der Waals surface area contributed by atoms with Crippen molar-refractivity contribution < 1.29 is 26.4 Å². The quantitative estimate of drug-likeness (QED) is 0.278. The summed E-state index contributed by atoms with van der Waals surface area (Å²) in [5.74, 6) is -0.0561. The van der Waals surface area contributed by atoms with Crippen molar-refractivity contribution in [3.63, 3.8) is 0 Å². The van der Waals surface area contributed by atoms with Gasteiger partial charge in [-0.1, -0.05) is 13.5 Å². The fourth-order valence-corrected chi connectivity index (χ4v) is 2.21. The van der Waals surface area contributed by atoms with Crippen molar-refractivity contribution in [3.05, 3.63) is 12.7 Å². The maximum Gasteiger partial charge on any atom is 0.243 e. The summed E-state index contributed by atoms with van der Waals surface area (Å²) in [5.41, 5.74) is 0. The van der Waals surface area contributed by atoms with Crippen LogP contribution in [0.3, 0.4) is 0 Å². The highest BCUT2D eigenvalue weighted by molar-refractivity contribution is 7.80. The smallest absolute Gasteiger partial charge is 0.243 e. The number of nitrogens with zero attached hydrogens (tertiary/aromatic N) is 1. The van der Waals surface area contributed by atoms with Crippen LogP contribution in [0.1, 0.15) is 40.5 Å². The first-order chi connectivity index (χ1) is 10.6. The molecule has 1 atom stereocenters. The van der Waals surface area contributed by atoms with E-state index in [0.717, 1.165) is 31.0 Å². The van der Waals surface area contributed by atoms with E-state index in [1.54, 1.807) is 0 Å². The summed E-state index contributed by atoms with van der Waals surface area (Å²) in [7, 11) is -3.60. The molecule has 0 rings (SSSR count). The second kappa shape index (κ2) is 12.5. The third kappa shape index (κ3) is 12.2. The van der Waals surface area contributed by atoms with Gasteiger partial charge in [0, 0.05) is 12.5 Å². The molecule has 0 aromatic heterocycles. The van der Waals surface area contributed by atoms with Crippen LogP contribution in [0.2, 0.25) is 0 Å². The Hall–Kier alpha value is -0.960. The molecule has 1 unspecified atom stereocenters. The molecule has 1 N–H and O–H groups in total. The van der Waals surface area contributed by atoms with Crippen LogP contribution in [0, 0.1) is 0 Å². The highest BCUT2D eigenvalue weighted by Crippen LogP contribution is 2.10. The van der Waals surface area contributed by atoms with Gasteiger partial charge in [0.15, 0.2) is 0 Å². The minimum Gasteiger partial charge on any atom is -0.726 e. The van der Waals surface area contributed by atoms with Gasteiger partial charge in [-0.3, -0.25) is 8.98 Å². The molecular formula is C15H32N2O5S. The molecule has 0 radical (unpaired) electrons. The van der Waals surface area contributed by atoms with Crippen LogP contribution in [0.4, 0.5) is 0 Å². The van der Waals surface area contributed by atoms with E-state index in [2.05, 4.69) is 43.8 Å². The van der Waals surface area contributed by atoms with Gasteiger partial charge in [-0.05, 0) is 33.3 Å². The molecule has 0 saturated carbocycles. The van der Waals surface area contributed by atoms with Gasteiger partial charge in [-0.2, -0.15) is 0 Å². The standard InChI is InChI=1S/C14H28N2O.CH4O4S/c1-6-13(15-14(17)7-2)11-12-16(8-3,9-4)10-5;1-5-6(2,3)4/h7,13H,2,6,8-12H2,1,3-5H3;1H3,(H,2,3,4). The van der Waals surface area contributed by atoms with Gasteiger partial charge in [-0.25, -0.2) is 8.42 Å². The van der Waals surface area contributed by atoms with E-state index in [4.69, 9.17) is 0 Å². The molecule has 0 spiro atoms. The van der Waals surface area contributed by atoms with Crippen LogP contribution >= 0.6 is 0 Å². The number of hydrogen-bond donors (Lipinski definition) is 1. The lowest BCUT2D eigenvalue weighted by Gasteiger charge is -2.37. The van der Waals surface area contributed by atoms with Gasteiger partial charge < -0.3 is 14.4 Å². The first-order valence-corrected chi connectivity index (χ1v) is 9.26. The van der Waals surface area contributed by atoms with Crippen LogP contribution in [0.25, 0.3) is 0 Å². The van der Waals surface area contributed by atoms with E-state index < -0.39 is 10.4 Å². The number of rotatable bonds is 10. The van der Waals surface area contributed by atoms with Crippen molar-refractivity contribution >= 4 is 16.3 Å². The lowest BCUT2D eigenvalue weighted by molar-refractivity contribution is -0.923. The van der Waals surface area contributed by atoms with Crippen LogP contribution in [0.5, 0.6) is 0 Å². The Morgan fingerprint density at radius 2 is 1.70 bits per heavy atom. The summed E-state index contributed by atoms with van der Waals surface area (Å²) in [4.78, 5) is 11.3. The molecule has 138 valence electrons. The Morgan fingerprint density at radius 1 is 1.26 bits per heavy atom. The topological polar surface area (TPSA) is 95.5 Å². The fraction of sp³-hybridized carbons (Fsp3) is 0.800. The SMILES string of the molecule is C=CC(=O)NC(CC)CC[N+](CC)(CC)CC.COS(=O)(=O)[O-]. The van der Waals surface area contributed by atoms with Gasteiger partial charge in [0.2, 0.25) is 16.3 Å². The number of quaternary nitrogens is 1. The largest absolute Gasteiger partial charge is 0.726 e. The minimum atomic E-state index is -4.41. The molecule has 0 aliphatic heterocycles. The molecule has 0 aliphatic carbocycles. The zero-order valence-corrected chi connectivity index (χ0v) is 15.8. The van der Waals surface area contributed by atoms with Gasteiger partial charge in [0.1, 0.15) is 0 Å². The molecule has 0 aromatic carbocycles. The molecule has 8 heteroatoms. The summed E-state index contributed by atoms with van der Waals surface area (Å²) < 4.78 is 32.2. The third-order valence-electron chi connectivity index (χ3n) is 4.19. The van der Waals surface area contributed by atoms with Gasteiger partial charge in [-0.15, -0.1) is 0 Å². The van der Waals surface area contributed by atoms with Crippen LogP contribution in [-0.4, -0.2) is 62.7 Å². The van der Waals surface area contributed by atoms with E-state index in [9.17, 15) is 17.8 Å². The zero-order chi connectivity index (χ0) is 18.5. The Labute approximate surface area is 141 Å². The Balaban J connectivity index is 0. The molecule has 7 nitrogen and oxygen atoms in total. The lowest BCUT2D eigenvalue weighted by atomic mass is 10.1. The molecule has 0 saturated heterocycles. The van der Waals surface area contributed by atoms with E-state index in [1.807, 2.05) is 0 Å². The van der Waals surface area contributed by atoms with Crippen molar-refractivity contribution in [1.29, 1.82) is 0 Å². The molecule has 23 heavy (non-hydrogen) atoms. The van der Waals surface area contributed by atoms with E-state index in [1.165, 1.54) is 25.7 Å². The molecule has 0 fully saturated rings. The van der Waals surface area contributed by atoms with Crippen molar-refractivity contribution in [2.45, 2.75) is 46.6 Å². The van der Waals surface area contributed by atoms with Crippen LogP contribution in [0.15, 0.2) is 12.7 Å². The summed E-state index contributed by atoms with van der Waals surface area (Å²) in [6, 6.07) is 0.280. The van der Waals surface area contributed by atoms with Gasteiger partial charge in [0.05, 0.1) is 33.3 Å². The molecule has 0 aliphatic rings. The van der Waals surface area contributed by atoms with Gasteiger partial charge >= 0.3 is 0 Å². The maximum absolute atomic E-state index is 11.3. The Kier molecular flexibility index (Phi) is 13.2. The number of amides is 1. The first kappa shape index (κ1) is 24.3. The van der Waals surface area contributed by atoms with Gasteiger partial charge in [0.25, 0.3) is 0 Å². The molecule has 0 aromatic rings. The molecule has 0 bridgehead atoms. The Morgan fingerprint density at radius 3 is 1.96 bits per heavy atom. The average Bonchev–Trinajstić information content (AvgIpc) is 2.55.